The number of ether oxygens (including phenoxy) is 1. The molecule has 1 aromatic carbocycles. The van der Waals surface area contributed by atoms with Crippen LogP contribution in [0.15, 0.2) is 73.7 Å². The van der Waals surface area contributed by atoms with Crippen LogP contribution in [-0.4, -0.2) is 46.0 Å². The lowest BCUT2D eigenvalue weighted by atomic mass is 9.98. The molecule has 6 nitrogen and oxygen atoms in total. The van der Waals surface area contributed by atoms with Gasteiger partial charge in [0, 0.05) is 30.6 Å². The van der Waals surface area contributed by atoms with E-state index in [4.69, 9.17) is 4.74 Å². The van der Waals surface area contributed by atoms with Crippen LogP contribution in [0.3, 0.4) is 0 Å². The zero-order chi connectivity index (χ0) is 22.5. The lowest BCUT2D eigenvalue weighted by Gasteiger charge is -2.17. The fourth-order valence-corrected chi connectivity index (χ4v) is 3.71. The normalized spacial score (nSPS) is 10.8. The second-order valence-electron chi connectivity index (χ2n) is 7.51. The van der Waals surface area contributed by atoms with Gasteiger partial charge in [-0.1, -0.05) is 37.8 Å². The molecule has 32 heavy (non-hydrogen) atoms. The van der Waals surface area contributed by atoms with Gasteiger partial charge in [-0.25, -0.2) is 0 Å². The second kappa shape index (κ2) is 9.47. The third kappa shape index (κ3) is 4.25. The third-order valence-corrected chi connectivity index (χ3v) is 5.47. The van der Waals surface area contributed by atoms with Crippen LogP contribution < -0.4 is 4.74 Å². The summed E-state index contributed by atoms with van der Waals surface area (Å²) in [4.78, 5) is 25.7. The first-order chi connectivity index (χ1) is 15.6. The van der Waals surface area contributed by atoms with Crippen molar-refractivity contribution in [2.75, 3.05) is 20.2 Å². The molecule has 3 heterocycles. The first-order valence-corrected chi connectivity index (χ1v) is 10.6. The molecule has 1 amide bonds. The van der Waals surface area contributed by atoms with E-state index in [9.17, 15) is 4.79 Å². The quantitative estimate of drug-likeness (QED) is 0.408. The number of likely N-dealkylation sites (N-methyl/N-ethyl adjacent to an activating group) is 1. The number of nitrogens with one attached hydrogen (secondary N) is 1. The van der Waals surface area contributed by atoms with Crippen molar-refractivity contribution in [1.29, 1.82) is 0 Å². The summed E-state index contributed by atoms with van der Waals surface area (Å²) in [6.45, 7) is 6.45. The molecule has 0 saturated heterocycles. The predicted octanol–water partition coefficient (Wildman–Crippen LogP) is 4.88. The summed E-state index contributed by atoms with van der Waals surface area (Å²) >= 11 is 0. The standard InChI is InChI=1S/C26H26N4O2/c1-4-18-8-6-9-19(16-18)24-25(29-21-10-7-12-28-26(21)24)20-11-13-27-17-22(20)32-15-14-30(3)23(31)5-2/h5-13,16-17,29H,2,4,14-15H2,1,3H3. The van der Waals surface area contributed by atoms with Crippen LogP contribution in [0.5, 0.6) is 5.75 Å². The van der Waals surface area contributed by atoms with Gasteiger partial charge in [-0.05, 0) is 41.8 Å². The van der Waals surface area contributed by atoms with Crippen molar-refractivity contribution in [3.8, 4) is 28.1 Å². The van der Waals surface area contributed by atoms with Gasteiger partial charge in [0.05, 0.1) is 29.5 Å². The van der Waals surface area contributed by atoms with Crippen LogP contribution in [0, 0.1) is 0 Å². The number of aromatic amines is 1. The number of rotatable bonds is 8. The van der Waals surface area contributed by atoms with Gasteiger partial charge in [-0.2, -0.15) is 0 Å². The van der Waals surface area contributed by atoms with E-state index in [1.807, 2.05) is 24.4 Å². The average Bonchev–Trinajstić information content (AvgIpc) is 3.23. The Bertz CT molecular complexity index is 1260. The summed E-state index contributed by atoms with van der Waals surface area (Å²) in [5, 5.41) is 0. The van der Waals surface area contributed by atoms with E-state index in [1.54, 1.807) is 24.3 Å². The molecule has 0 saturated carbocycles. The Morgan fingerprint density at radius 2 is 2.09 bits per heavy atom. The number of hydrogen-bond donors (Lipinski definition) is 1. The van der Waals surface area contributed by atoms with Gasteiger partial charge in [0.1, 0.15) is 12.4 Å². The summed E-state index contributed by atoms with van der Waals surface area (Å²) < 4.78 is 6.06. The molecule has 0 spiro atoms. The monoisotopic (exact) mass is 426 g/mol. The van der Waals surface area contributed by atoms with Crippen molar-refractivity contribution < 1.29 is 9.53 Å². The molecule has 0 aliphatic heterocycles. The summed E-state index contributed by atoms with van der Waals surface area (Å²) in [5.41, 5.74) is 7.09. The molecule has 3 aromatic heterocycles. The maximum absolute atomic E-state index is 11.7. The number of aryl methyl sites for hydroxylation is 1. The highest BCUT2D eigenvalue weighted by atomic mass is 16.5. The number of carbonyl (C=O) groups is 1. The highest BCUT2D eigenvalue weighted by Gasteiger charge is 2.19. The van der Waals surface area contributed by atoms with E-state index >= 15 is 0 Å². The molecular formula is C26H26N4O2. The maximum atomic E-state index is 11.7. The average molecular weight is 427 g/mol. The van der Waals surface area contributed by atoms with E-state index in [2.05, 4.69) is 52.7 Å². The molecule has 0 aliphatic carbocycles. The van der Waals surface area contributed by atoms with E-state index in [0.29, 0.717) is 18.9 Å². The van der Waals surface area contributed by atoms with E-state index in [0.717, 1.165) is 39.8 Å². The van der Waals surface area contributed by atoms with Crippen LogP contribution >= 0.6 is 0 Å². The summed E-state index contributed by atoms with van der Waals surface area (Å²) in [6, 6.07) is 14.4. The minimum absolute atomic E-state index is 0.139. The molecule has 4 aromatic rings. The number of H-pyrrole nitrogens is 1. The first kappa shape index (κ1) is 21.3. The van der Waals surface area contributed by atoms with Gasteiger partial charge in [0.25, 0.3) is 0 Å². The fraction of sp³-hybridized carbons (Fsp3) is 0.192. The van der Waals surface area contributed by atoms with Crippen molar-refractivity contribution in [1.82, 2.24) is 19.9 Å². The molecule has 0 radical (unpaired) electrons. The van der Waals surface area contributed by atoms with Gasteiger partial charge in [-0.15, -0.1) is 0 Å². The molecular weight excluding hydrogens is 400 g/mol. The molecule has 0 unspecified atom stereocenters. The highest BCUT2D eigenvalue weighted by molar-refractivity contribution is 6.02. The number of benzene rings is 1. The molecule has 0 bridgehead atoms. The van der Waals surface area contributed by atoms with Gasteiger partial charge in [-0.3, -0.25) is 14.8 Å². The van der Waals surface area contributed by atoms with Crippen LogP contribution in [0.1, 0.15) is 12.5 Å². The number of pyridine rings is 2. The van der Waals surface area contributed by atoms with Crippen molar-refractivity contribution >= 4 is 16.9 Å². The fourth-order valence-electron chi connectivity index (χ4n) is 3.71. The lowest BCUT2D eigenvalue weighted by Crippen LogP contribution is -2.29. The molecule has 6 heteroatoms. The van der Waals surface area contributed by atoms with E-state index in [-0.39, 0.29) is 5.91 Å². The van der Waals surface area contributed by atoms with Crippen LogP contribution in [-0.2, 0) is 11.2 Å². The maximum Gasteiger partial charge on any atom is 0.245 e. The van der Waals surface area contributed by atoms with Crippen molar-refractivity contribution in [3.63, 3.8) is 0 Å². The Balaban J connectivity index is 1.76. The number of fused-ring (bicyclic) bond motifs is 1. The van der Waals surface area contributed by atoms with Gasteiger partial charge < -0.3 is 14.6 Å². The SMILES string of the molecule is C=CC(=O)N(C)CCOc1cnccc1-c1[nH]c2cccnc2c1-c1cccc(CC)c1. The zero-order valence-electron chi connectivity index (χ0n) is 18.3. The summed E-state index contributed by atoms with van der Waals surface area (Å²) in [7, 11) is 1.72. The van der Waals surface area contributed by atoms with Crippen LogP contribution in [0.25, 0.3) is 33.4 Å². The highest BCUT2D eigenvalue weighted by Crippen LogP contribution is 2.40. The molecule has 0 fully saturated rings. The number of aromatic nitrogens is 3. The van der Waals surface area contributed by atoms with Gasteiger partial charge in [0.2, 0.25) is 5.91 Å². The minimum Gasteiger partial charge on any atom is -0.489 e. The molecule has 1 N–H and O–H groups in total. The molecule has 0 aliphatic rings. The third-order valence-electron chi connectivity index (χ3n) is 5.47. The number of hydrogen-bond acceptors (Lipinski definition) is 4. The van der Waals surface area contributed by atoms with Crippen LogP contribution in [0.2, 0.25) is 0 Å². The largest absolute Gasteiger partial charge is 0.489 e. The van der Waals surface area contributed by atoms with Crippen molar-refractivity contribution in [2.45, 2.75) is 13.3 Å². The first-order valence-electron chi connectivity index (χ1n) is 10.6. The summed E-state index contributed by atoms with van der Waals surface area (Å²) in [5.74, 6) is 0.506. The minimum atomic E-state index is -0.139. The van der Waals surface area contributed by atoms with E-state index < -0.39 is 0 Å². The smallest absolute Gasteiger partial charge is 0.245 e. The van der Waals surface area contributed by atoms with Gasteiger partial charge in [0.15, 0.2) is 0 Å². The van der Waals surface area contributed by atoms with Crippen LogP contribution in [0.4, 0.5) is 0 Å². The molecule has 162 valence electrons. The Morgan fingerprint density at radius 3 is 2.91 bits per heavy atom. The van der Waals surface area contributed by atoms with Crippen molar-refractivity contribution in [2.24, 2.45) is 0 Å². The lowest BCUT2D eigenvalue weighted by molar-refractivity contribution is -0.125. The van der Waals surface area contributed by atoms with Crippen molar-refractivity contribution in [3.05, 3.63) is 79.3 Å². The zero-order valence-corrected chi connectivity index (χ0v) is 18.3. The molecule has 4 rings (SSSR count). The Kier molecular flexibility index (Phi) is 6.31. The predicted molar refractivity (Wildman–Crippen MR) is 127 cm³/mol. The second-order valence-corrected chi connectivity index (χ2v) is 7.51. The Hall–Kier alpha value is -3.93. The Morgan fingerprint density at radius 1 is 1.22 bits per heavy atom. The molecule has 0 atom stereocenters. The van der Waals surface area contributed by atoms with Gasteiger partial charge >= 0.3 is 0 Å². The topological polar surface area (TPSA) is 71.1 Å². The number of amides is 1. The number of carbonyl (C=O) groups excluding carboxylic acids is 1. The number of nitrogens with zero attached hydrogens (tertiary/aromatic N) is 3. The Labute approximate surface area is 187 Å². The van der Waals surface area contributed by atoms with E-state index in [1.165, 1.54) is 11.6 Å². The summed E-state index contributed by atoms with van der Waals surface area (Å²) in [6.07, 6.45) is 7.52.